The molecule has 1 atom stereocenters. The van der Waals surface area contributed by atoms with E-state index in [2.05, 4.69) is 58.5 Å². The van der Waals surface area contributed by atoms with Crippen molar-refractivity contribution in [3.8, 4) is 0 Å². The molecule has 0 bridgehead atoms. The minimum atomic E-state index is -0.473. The van der Waals surface area contributed by atoms with Crippen molar-refractivity contribution in [1.82, 2.24) is 15.2 Å². The Labute approximate surface area is 202 Å². The molecular formula is C27H36N6O. The maximum atomic E-state index is 13.3. The molecule has 2 amide bonds. The van der Waals surface area contributed by atoms with Crippen molar-refractivity contribution in [1.29, 1.82) is 0 Å². The highest BCUT2D eigenvalue weighted by Gasteiger charge is 2.53. The predicted octanol–water partition coefficient (Wildman–Crippen LogP) is 4.44. The summed E-state index contributed by atoms with van der Waals surface area (Å²) in [6, 6.07) is 12.9. The molecule has 1 unspecified atom stereocenters. The molecule has 1 aromatic heterocycles. The summed E-state index contributed by atoms with van der Waals surface area (Å²) >= 11 is 0. The number of amidine groups is 1. The van der Waals surface area contributed by atoms with Gasteiger partial charge in [-0.05, 0) is 62.1 Å². The summed E-state index contributed by atoms with van der Waals surface area (Å²) in [6.45, 7) is 2.64. The summed E-state index contributed by atoms with van der Waals surface area (Å²) in [5.74, 6) is 0.862. The van der Waals surface area contributed by atoms with Crippen LogP contribution in [0.2, 0.25) is 0 Å². The highest BCUT2D eigenvalue weighted by Crippen LogP contribution is 2.37. The molecule has 2 saturated heterocycles. The zero-order valence-corrected chi connectivity index (χ0v) is 20.4. The molecule has 3 heterocycles. The van der Waals surface area contributed by atoms with Gasteiger partial charge in [-0.25, -0.2) is 4.79 Å². The lowest BCUT2D eigenvalue weighted by molar-refractivity contribution is 0.176. The summed E-state index contributed by atoms with van der Waals surface area (Å²) in [6.07, 6.45) is 11.5. The van der Waals surface area contributed by atoms with Crippen LogP contribution in [0.25, 0.3) is 0 Å². The number of carbonyl (C=O) groups excluding carboxylic acids is 1. The van der Waals surface area contributed by atoms with Gasteiger partial charge >= 0.3 is 6.03 Å². The molecule has 7 heteroatoms. The number of amides is 2. The van der Waals surface area contributed by atoms with Crippen molar-refractivity contribution < 1.29 is 4.79 Å². The molecule has 3 fully saturated rings. The second-order valence-corrected chi connectivity index (χ2v) is 10.2. The minimum Gasteiger partial charge on any atom is -0.378 e. The maximum Gasteiger partial charge on any atom is 0.328 e. The Hall–Kier alpha value is -2.93. The largest absolute Gasteiger partial charge is 0.378 e. The van der Waals surface area contributed by atoms with E-state index in [0.29, 0.717) is 6.04 Å². The number of likely N-dealkylation sites (tertiary alicyclic amines) is 1. The number of urea groups is 1. The smallest absolute Gasteiger partial charge is 0.328 e. The fourth-order valence-electron chi connectivity index (χ4n) is 5.76. The number of aromatic nitrogens is 1. The maximum absolute atomic E-state index is 13.3. The molecule has 7 nitrogen and oxygen atoms in total. The van der Waals surface area contributed by atoms with Gasteiger partial charge in [0.05, 0.1) is 17.9 Å². The van der Waals surface area contributed by atoms with E-state index in [1.54, 1.807) is 12.4 Å². The van der Waals surface area contributed by atoms with Crippen LogP contribution in [0.3, 0.4) is 0 Å². The summed E-state index contributed by atoms with van der Waals surface area (Å²) in [7, 11) is 4.13. The van der Waals surface area contributed by atoms with Crippen LogP contribution in [0, 0.1) is 0 Å². The minimum absolute atomic E-state index is 0.0836. The highest BCUT2D eigenvalue weighted by molar-refractivity contribution is 6.19. The van der Waals surface area contributed by atoms with E-state index in [0.717, 1.165) is 56.8 Å². The molecule has 1 aliphatic carbocycles. The lowest BCUT2D eigenvalue weighted by Gasteiger charge is -2.44. The first-order valence-corrected chi connectivity index (χ1v) is 12.6. The first kappa shape index (κ1) is 22.8. The van der Waals surface area contributed by atoms with Crippen LogP contribution >= 0.6 is 0 Å². The number of piperidine rings is 1. The number of carbonyl (C=O) groups is 1. The molecule has 1 aromatic carbocycles. The Morgan fingerprint density at radius 3 is 2.62 bits per heavy atom. The summed E-state index contributed by atoms with van der Waals surface area (Å²) in [4.78, 5) is 29.4. The average molecular weight is 461 g/mol. The van der Waals surface area contributed by atoms with E-state index in [-0.39, 0.29) is 6.03 Å². The highest BCUT2D eigenvalue weighted by atomic mass is 16.2. The van der Waals surface area contributed by atoms with Crippen LogP contribution in [0.15, 0.2) is 53.8 Å². The van der Waals surface area contributed by atoms with Crippen molar-refractivity contribution >= 4 is 23.2 Å². The Balaban J connectivity index is 1.45. The fraction of sp³-hybridized carbons (Fsp3) is 0.519. The first-order chi connectivity index (χ1) is 16.5. The molecule has 2 aromatic rings. The summed E-state index contributed by atoms with van der Waals surface area (Å²) < 4.78 is 0. The molecule has 3 aliphatic rings. The van der Waals surface area contributed by atoms with Crippen LogP contribution in [-0.4, -0.2) is 60.5 Å². The van der Waals surface area contributed by atoms with Gasteiger partial charge in [-0.2, -0.15) is 0 Å². The van der Waals surface area contributed by atoms with Gasteiger partial charge in [0.1, 0.15) is 11.4 Å². The third-order valence-corrected chi connectivity index (χ3v) is 7.50. The molecule has 5 rings (SSSR count). The van der Waals surface area contributed by atoms with E-state index in [9.17, 15) is 4.79 Å². The molecule has 2 aliphatic heterocycles. The zero-order chi connectivity index (χ0) is 23.5. The van der Waals surface area contributed by atoms with Gasteiger partial charge in [0, 0.05) is 39.1 Å². The number of rotatable bonds is 5. The topological polar surface area (TPSA) is 64.1 Å². The standard InChI is InChI=1S/C27H36N6O/c1-31(2)23-13-11-21(12-14-23)19-32-17-7-15-27(20-32)25(29-22-8-4-3-5-9-22)30-26(34)33(27)24-10-6-16-28-18-24/h6,10-14,16,18,22H,3-5,7-9,15,17,19-20H2,1-2H3,(H,29,30,34). The van der Waals surface area contributed by atoms with E-state index in [4.69, 9.17) is 4.99 Å². The summed E-state index contributed by atoms with van der Waals surface area (Å²) in [5, 5.41) is 3.19. The molecule has 34 heavy (non-hydrogen) atoms. The molecule has 1 spiro atoms. The Kier molecular flexibility index (Phi) is 6.55. The van der Waals surface area contributed by atoms with Crippen LogP contribution in [-0.2, 0) is 6.54 Å². The van der Waals surface area contributed by atoms with E-state index in [1.165, 1.54) is 30.5 Å². The number of nitrogens with zero attached hydrogens (tertiary/aromatic N) is 5. The van der Waals surface area contributed by atoms with E-state index >= 15 is 0 Å². The number of hydrogen-bond acceptors (Lipinski definition) is 5. The van der Waals surface area contributed by atoms with Gasteiger partial charge in [0.15, 0.2) is 0 Å². The Bertz CT molecular complexity index is 1020. The number of aliphatic imine (C=N–C) groups is 1. The molecule has 0 radical (unpaired) electrons. The molecule has 180 valence electrons. The van der Waals surface area contributed by atoms with Crippen LogP contribution in [0.1, 0.15) is 50.5 Å². The number of nitrogens with one attached hydrogen (secondary N) is 1. The van der Waals surface area contributed by atoms with Gasteiger partial charge in [0.25, 0.3) is 0 Å². The Morgan fingerprint density at radius 1 is 1.12 bits per heavy atom. The first-order valence-electron chi connectivity index (χ1n) is 12.6. The average Bonchev–Trinajstić information content (AvgIpc) is 3.10. The zero-order valence-electron chi connectivity index (χ0n) is 20.4. The van der Waals surface area contributed by atoms with Gasteiger partial charge in [0.2, 0.25) is 0 Å². The normalized spacial score (nSPS) is 25.2. The van der Waals surface area contributed by atoms with Gasteiger partial charge in [-0.15, -0.1) is 0 Å². The van der Waals surface area contributed by atoms with Crippen LogP contribution in [0.4, 0.5) is 16.2 Å². The lowest BCUT2D eigenvalue weighted by Crippen LogP contribution is -2.60. The van der Waals surface area contributed by atoms with Crippen LogP contribution in [0.5, 0.6) is 0 Å². The second kappa shape index (κ2) is 9.74. The lowest BCUT2D eigenvalue weighted by atomic mass is 9.86. The SMILES string of the molecule is CN(C)c1ccc(CN2CCCC3(C2)C(=NC2CCCCC2)NC(=O)N3c2cccnc2)cc1. The monoisotopic (exact) mass is 460 g/mol. The Morgan fingerprint density at radius 2 is 1.91 bits per heavy atom. The number of benzene rings is 1. The van der Waals surface area contributed by atoms with Gasteiger partial charge in [-0.1, -0.05) is 31.4 Å². The van der Waals surface area contributed by atoms with Gasteiger partial charge in [-0.3, -0.25) is 25.1 Å². The molecule has 1 N–H and O–H groups in total. The van der Waals surface area contributed by atoms with Crippen LogP contribution < -0.4 is 15.1 Å². The van der Waals surface area contributed by atoms with Crippen molar-refractivity contribution in [3.05, 3.63) is 54.4 Å². The molecule has 1 saturated carbocycles. The molecular weight excluding hydrogens is 424 g/mol. The van der Waals surface area contributed by atoms with E-state index < -0.39 is 5.54 Å². The number of anilines is 2. The predicted molar refractivity (Wildman–Crippen MR) is 138 cm³/mol. The third-order valence-electron chi connectivity index (χ3n) is 7.50. The van der Waals surface area contributed by atoms with Crippen molar-refractivity contribution in [2.45, 2.75) is 63.1 Å². The number of hydrogen-bond donors (Lipinski definition) is 1. The fourth-order valence-corrected chi connectivity index (χ4v) is 5.76. The quantitative estimate of drug-likeness (QED) is 0.716. The third kappa shape index (κ3) is 4.53. The van der Waals surface area contributed by atoms with Crippen molar-refractivity contribution in [2.75, 3.05) is 37.0 Å². The summed E-state index contributed by atoms with van der Waals surface area (Å²) in [5.41, 5.74) is 2.86. The van der Waals surface area contributed by atoms with E-state index in [1.807, 2.05) is 17.0 Å². The van der Waals surface area contributed by atoms with Crippen molar-refractivity contribution in [2.24, 2.45) is 4.99 Å². The second-order valence-electron chi connectivity index (χ2n) is 10.2. The number of pyridine rings is 1. The van der Waals surface area contributed by atoms with Gasteiger partial charge < -0.3 is 4.90 Å². The van der Waals surface area contributed by atoms with Crippen molar-refractivity contribution in [3.63, 3.8) is 0 Å².